The monoisotopic (exact) mass is 440 g/mol. The van der Waals surface area contributed by atoms with Crippen molar-refractivity contribution >= 4 is 11.8 Å². The number of hydrogen-bond donors (Lipinski definition) is 1. The van der Waals surface area contributed by atoms with Gasteiger partial charge >= 0.3 is 0 Å². The first-order valence-electron chi connectivity index (χ1n) is 11.3. The molecule has 2 atom stereocenters. The molecule has 0 bridgehead atoms. The molecule has 32 heavy (non-hydrogen) atoms. The summed E-state index contributed by atoms with van der Waals surface area (Å²) in [4.78, 5) is 27.5. The number of rotatable bonds is 12. The normalized spacial score (nSPS) is 12.5. The van der Waals surface area contributed by atoms with Crippen LogP contribution in [0.4, 0.5) is 0 Å². The fourth-order valence-corrected chi connectivity index (χ4v) is 3.17. The standard InChI is InChI=1S/C26H36N2O4/c1-6-20(3)27-26(30)21(4)28(18-22-11-15-23(31-5)16-12-22)25(29)8-7-17-32-24-13-9-19(2)10-14-24/h9-16,20-21H,6-8,17-18H2,1-5H3,(H,27,30). The number of ether oxygens (including phenoxy) is 2. The summed E-state index contributed by atoms with van der Waals surface area (Å²) in [6.45, 7) is 8.59. The van der Waals surface area contributed by atoms with Crippen molar-refractivity contribution in [3.63, 3.8) is 0 Å². The Bertz CT molecular complexity index is 849. The molecule has 0 saturated heterocycles. The molecule has 2 aromatic carbocycles. The SMILES string of the molecule is CCC(C)NC(=O)C(C)N(Cc1ccc(OC)cc1)C(=O)CCCOc1ccc(C)cc1. The summed E-state index contributed by atoms with van der Waals surface area (Å²) in [7, 11) is 1.62. The number of nitrogens with one attached hydrogen (secondary N) is 1. The highest BCUT2D eigenvalue weighted by Gasteiger charge is 2.26. The molecular formula is C26H36N2O4. The first kappa shape index (κ1) is 25.2. The van der Waals surface area contributed by atoms with Gasteiger partial charge in [-0.3, -0.25) is 9.59 Å². The Hall–Kier alpha value is -3.02. The predicted octanol–water partition coefficient (Wildman–Crippen LogP) is 4.49. The molecule has 0 aliphatic rings. The molecule has 0 heterocycles. The molecule has 2 amide bonds. The van der Waals surface area contributed by atoms with Gasteiger partial charge in [-0.2, -0.15) is 0 Å². The van der Waals surface area contributed by atoms with Crippen LogP contribution in [0.15, 0.2) is 48.5 Å². The topological polar surface area (TPSA) is 67.9 Å². The average molecular weight is 441 g/mol. The van der Waals surface area contributed by atoms with Gasteiger partial charge in [0, 0.05) is 19.0 Å². The molecule has 1 N–H and O–H groups in total. The minimum absolute atomic E-state index is 0.0609. The molecule has 0 spiro atoms. The third kappa shape index (κ3) is 7.91. The molecule has 2 rings (SSSR count). The van der Waals surface area contributed by atoms with Gasteiger partial charge in [-0.05, 0) is 63.4 Å². The Morgan fingerprint density at radius 3 is 2.22 bits per heavy atom. The molecule has 174 valence electrons. The predicted molar refractivity (Wildman–Crippen MR) is 127 cm³/mol. The maximum Gasteiger partial charge on any atom is 0.242 e. The van der Waals surface area contributed by atoms with Gasteiger partial charge in [0.05, 0.1) is 13.7 Å². The second-order valence-corrected chi connectivity index (χ2v) is 8.13. The third-order valence-corrected chi connectivity index (χ3v) is 5.50. The summed E-state index contributed by atoms with van der Waals surface area (Å²) >= 11 is 0. The molecule has 6 heteroatoms. The number of hydrogen-bond acceptors (Lipinski definition) is 4. The van der Waals surface area contributed by atoms with Crippen molar-refractivity contribution in [3.8, 4) is 11.5 Å². The van der Waals surface area contributed by atoms with Gasteiger partial charge in [-0.25, -0.2) is 0 Å². The van der Waals surface area contributed by atoms with Crippen molar-refractivity contribution < 1.29 is 19.1 Å². The number of methoxy groups -OCH3 is 1. The van der Waals surface area contributed by atoms with E-state index in [4.69, 9.17) is 9.47 Å². The largest absolute Gasteiger partial charge is 0.497 e. The van der Waals surface area contributed by atoms with Gasteiger partial charge < -0.3 is 19.7 Å². The summed E-state index contributed by atoms with van der Waals surface area (Å²) in [5.74, 6) is 1.33. The first-order valence-corrected chi connectivity index (χ1v) is 11.3. The van der Waals surface area contributed by atoms with Gasteiger partial charge in [0.1, 0.15) is 17.5 Å². The molecule has 2 unspecified atom stereocenters. The Balaban J connectivity index is 2.01. The van der Waals surface area contributed by atoms with E-state index < -0.39 is 6.04 Å². The van der Waals surface area contributed by atoms with E-state index in [9.17, 15) is 9.59 Å². The zero-order valence-corrected chi connectivity index (χ0v) is 19.9. The lowest BCUT2D eigenvalue weighted by atomic mass is 10.1. The van der Waals surface area contributed by atoms with Gasteiger partial charge in [-0.15, -0.1) is 0 Å². The lowest BCUT2D eigenvalue weighted by molar-refractivity contribution is -0.141. The fraction of sp³-hybridized carbons (Fsp3) is 0.462. The molecule has 0 saturated carbocycles. The van der Waals surface area contributed by atoms with Crippen LogP contribution in [-0.2, 0) is 16.1 Å². The molecule has 0 aliphatic carbocycles. The zero-order valence-electron chi connectivity index (χ0n) is 19.9. The molecular weight excluding hydrogens is 404 g/mol. The summed E-state index contributed by atoms with van der Waals surface area (Å²) in [5, 5.41) is 2.98. The quantitative estimate of drug-likeness (QED) is 0.494. The van der Waals surface area contributed by atoms with Crippen LogP contribution >= 0.6 is 0 Å². The van der Waals surface area contributed by atoms with Crippen molar-refractivity contribution in [2.75, 3.05) is 13.7 Å². The van der Waals surface area contributed by atoms with Crippen LogP contribution in [-0.4, -0.2) is 42.5 Å². The van der Waals surface area contributed by atoms with E-state index in [0.717, 1.165) is 23.5 Å². The van der Waals surface area contributed by atoms with Crippen molar-refractivity contribution in [1.82, 2.24) is 10.2 Å². The minimum Gasteiger partial charge on any atom is -0.497 e. The number of carbonyl (C=O) groups is 2. The number of nitrogens with zero attached hydrogens (tertiary/aromatic N) is 1. The van der Waals surface area contributed by atoms with E-state index in [1.54, 1.807) is 18.9 Å². The Morgan fingerprint density at radius 1 is 1.00 bits per heavy atom. The van der Waals surface area contributed by atoms with Crippen LogP contribution in [0, 0.1) is 6.92 Å². The van der Waals surface area contributed by atoms with E-state index in [0.29, 0.717) is 26.0 Å². The lowest BCUT2D eigenvalue weighted by Gasteiger charge is -2.30. The van der Waals surface area contributed by atoms with Crippen molar-refractivity contribution in [3.05, 3.63) is 59.7 Å². The van der Waals surface area contributed by atoms with Crippen LogP contribution in [0.25, 0.3) is 0 Å². The third-order valence-electron chi connectivity index (χ3n) is 5.50. The lowest BCUT2D eigenvalue weighted by Crippen LogP contribution is -2.49. The highest BCUT2D eigenvalue weighted by atomic mass is 16.5. The summed E-state index contributed by atoms with van der Waals surface area (Å²) in [5.41, 5.74) is 2.12. The van der Waals surface area contributed by atoms with Crippen molar-refractivity contribution in [2.45, 2.75) is 65.6 Å². The van der Waals surface area contributed by atoms with Gasteiger partial charge in [-0.1, -0.05) is 36.8 Å². The van der Waals surface area contributed by atoms with Crippen LogP contribution in [0.5, 0.6) is 11.5 Å². The minimum atomic E-state index is -0.573. The van der Waals surface area contributed by atoms with Crippen molar-refractivity contribution in [2.24, 2.45) is 0 Å². The Kier molecular flexibility index (Phi) is 10.1. The molecule has 6 nitrogen and oxygen atoms in total. The zero-order chi connectivity index (χ0) is 23.5. The van der Waals surface area contributed by atoms with E-state index in [-0.39, 0.29) is 17.9 Å². The number of aryl methyl sites for hydroxylation is 1. The van der Waals surface area contributed by atoms with Crippen LogP contribution in [0.3, 0.4) is 0 Å². The highest BCUT2D eigenvalue weighted by molar-refractivity contribution is 5.87. The summed E-state index contributed by atoms with van der Waals surface area (Å²) in [6.07, 6.45) is 1.72. The molecule has 0 radical (unpaired) electrons. The Morgan fingerprint density at radius 2 is 1.62 bits per heavy atom. The first-order chi connectivity index (χ1) is 15.3. The van der Waals surface area contributed by atoms with Crippen LogP contribution < -0.4 is 14.8 Å². The van der Waals surface area contributed by atoms with Crippen LogP contribution in [0.2, 0.25) is 0 Å². The molecule has 0 aromatic heterocycles. The second kappa shape index (κ2) is 12.7. The van der Waals surface area contributed by atoms with E-state index in [1.165, 1.54) is 5.56 Å². The molecule has 2 aromatic rings. The average Bonchev–Trinajstić information content (AvgIpc) is 2.81. The number of carbonyl (C=O) groups excluding carboxylic acids is 2. The van der Waals surface area contributed by atoms with Gasteiger partial charge in [0.2, 0.25) is 11.8 Å². The van der Waals surface area contributed by atoms with E-state index in [1.807, 2.05) is 69.3 Å². The highest BCUT2D eigenvalue weighted by Crippen LogP contribution is 2.17. The maximum atomic E-state index is 13.1. The number of amides is 2. The number of benzene rings is 2. The fourth-order valence-electron chi connectivity index (χ4n) is 3.17. The van der Waals surface area contributed by atoms with Crippen molar-refractivity contribution in [1.29, 1.82) is 0 Å². The second-order valence-electron chi connectivity index (χ2n) is 8.13. The van der Waals surface area contributed by atoms with Gasteiger partial charge in [0.25, 0.3) is 0 Å². The van der Waals surface area contributed by atoms with Crippen LogP contribution in [0.1, 0.15) is 51.2 Å². The molecule has 0 aliphatic heterocycles. The summed E-state index contributed by atoms with van der Waals surface area (Å²) < 4.78 is 11.0. The molecule has 0 fully saturated rings. The van der Waals surface area contributed by atoms with E-state index >= 15 is 0 Å². The Labute approximate surface area is 191 Å². The van der Waals surface area contributed by atoms with Gasteiger partial charge in [0.15, 0.2) is 0 Å². The summed E-state index contributed by atoms with van der Waals surface area (Å²) in [6, 6.07) is 14.9. The smallest absolute Gasteiger partial charge is 0.242 e. The maximum absolute atomic E-state index is 13.1. The van der Waals surface area contributed by atoms with E-state index in [2.05, 4.69) is 5.32 Å².